The largest absolute Gasteiger partial charge is 0.494 e. The van der Waals surface area contributed by atoms with Crippen molar-refractivity contribution in [1.29, 1.82) is 0 Å². The van der Waals surface area contributed by atoms with Crippen LogP contribution in [0.4, 0.5) is 34.1 Å². The second kappa shape index (κ2) is 15.2. The van der Waals surface area contributed by atoms with Crippen molar-refractivity contribution in [2.24, 2.45) is 15.6 Å². The van der Waals surface area contributed by atoms with Crippen LogP contribution in [0.3, 0.4) is 0 Å². The molecule has 1 heterocycles. The second-order valence-corrected chi connectivity index (χ2v) is 11.3. The second-order valence-electron chi connectivity index (χ2n) is 11.3. The number of non-ortho nitro benzene ring substituents is 1. The Hall–Kier alpha value is -4.60. The van der Waals surface area contributed by atoms with Crippen LogP contribution in [0.15, 0.2) is 113 Å². The maximum atomic E-state index is 10.9. The molecule has 0 bridgehead atoms. The molecule has 4 aromatic rings. The lowest BCUT2D eigenvalue weighted by Crippen LogP contribution is -2.43. The summed E-state index contributed by atoms with van der Waals surface area (Å²) < 4.78 is 17.1. The van der Waals surface area contributed by atoms with Gasteiger partial charge in [0, 0.05) is 41.2 Å². The molecule has 0 amide bonds. The van der Waals surface area contributed by atoms with Crippen LogP contribution in [0.1, 0.15) is 32.6 Å². The predicted octanol–water partition coefficient (Wildman–Crippen LogP) is 9.47. The number of hydrogen-bond acceptors (Lipinski definition) is 8. The van der Waals surface area contributed by atoms with Crippen molar-refractivity contribution < 1.29 is 19.1 Å². The number of nitrogens with zero attached hydrogens (tertiary/aromatic N) is 4. The minimum atomic E-state index is -0.437. The molecule has 0 aliphatic carbocycles. The lowest BCUT2D eigenvalue weighted by atomic mass is 9.90. The summed E-state index contributed by atoms with van der Waals surface area (Å²) >= 11 is 0. The summed E-state index contributed by atoms with van der Waals surface area (Å²) in [5.41, 5.74) is 4.47. The highest BCUT2D eigenvalue weighted by atomic mass is 16.6. The fraction of sp³-hybridized carbons (Fsp3) is 0.314. The molecule has 1 fully saturated rings. The van der Waals surface area contributed by atoms with Gasteiger partial charge in [-0.3, -0.25) is 10.1 Å². The van der Waals surface area contributed by atoms with E-state index in [9.17, 15) is 10.1 Å². The van der Waals surface area contributed by atoms with Crippen molar-refractivity contribution in [1.82, 2.24) is 0 Å². The lowest BCUT2D eigenvalue weighted by Gasteiger charge is -2.37. The van der Waals surface area contributed by atoms with Gasteiger partial charge in [0.15, 0.2) is 0 Å². The van der Waals surface area contributed by atoms with Crippen LogP contribution in [0, 0.1) is 15.5 Å². The fourth-order valence-corrected chi connectivity index (χ4v) is 4.84. The van der Waals surface area contributed by atoms with Crippen molar-refractivity contribution in [2.75, 3.05) is 37.9 Å². The number of nitro benzene ring substituents is 1. The summed E-state index contributed by atoms with van der Waals surface area (Å²) in [5.74, 6) is 0.850. The maximum Gasteiger partial charge on any atom is 0.269 e. The highest BCUT2D eigenvalue weighted by Crippen LogP contribution is 2.36. The zero-order chi connectivity index (χ0) is 30.6. The summed E-state index contributed by atoms with van der Waals surface area (Å²) in [6, 6.07) is 32.1. The topological polar surface area (TPSA) is 98.8 Å². The first-order valence-electron chi connectivity index (χ1n) is 15.0. The van der Waals surface area contributed by atoms with E-state index in [1.807, 2.05) is 54.6 Å². The number of hydrogen-bond donors (Lipinski definition) is 0. The molecule has 0 N–H and O–H groups in total. The van der Waals surface area contributed by atoms with Crippen molar-refractivity contribution in [3.8, 4) is 5.75 Å². The zero-order valence-corrected chi connectivity index (χ0v) is 25.0. The molecule has 4 aromatic carbocycles. The minimum absolute atomic E-state index is 0.0200. The molecule has 0 spiro atoms. The van der Waals surface area contributed by atoms with Gasteiger partial charge in [-0.05, 0) is 92.1 Å². The zero-order valence-electron chi connectivity index (χ0n) is 25.0. The van der Waals surface area contributed by atoms with Crippen LogP contribution in [0.5, 0.6) is 5.75 Å². The van der Waals surface area contributed by atoms with E-state index in [0.717, 1.165) is 74.9 Å². The number of para-hydroxylation sites is 1. The third kappa shape index (κ3) is 8.72. The van der Waals surface area contributed by atoms with E-state index in [-0.39, 0.29) is 11.1 Å². The Morgan fingerprint density at radius 1 is 0.750 bits per heavy atom. The molecule has 0 atom stereocenters. The number of azo groups is 1. The molecule has 0 aromatic heterocycles. The lowest BCUT2D eigenvalue weighted by molar-refractivity contribution is -0.384. The molecule has 228 valence electrons. The average molecular weight is 595 g/mol. The minimum Gasteiger partial charge on any atom is -0.494 e. The average Bonchev–Trinajstić information content (AvgIpc) is 3.04. The Kier molecular flexibility index (Phi) is 10.7. The summed E-state index contributed by atoms with van der Waals surface area (Å²) in [4.78, 5) is 12.6. The van der Waals surface area contributed by atoms with Gasteiger partial charge in [-0.25, -0.2) is 0 Å². The molecule has 1 aliphatic rings. The van der Waals surface area contributed by atoms with Gasteiger partial charge in [0.2, 0.25) is 0 Å². The monoisotopic (exact) mass is 594 g/mol. The van der Waals surface area contributed by atoms with Gasteiger partial charge in [-0.15, -0.1) is 0 Å². The SMILES string of the molecule is CC1(COCCCCCCOc2ccc(N(c3ccccc3)c3ccc(N=Nc4ccc([N+](=O)[O-])cc4)cc3)cc2)COC1. The highest BCUT2D eigenvalue weighted by molar-refractivity contribution is 5.77. The Morgan fingerprint density at radius 3 is 1.86 bits per heavy atom. The number of benzene rings is 4. The van der Waals surface area contributed by atoms with Gasteiger partial charge in [0.25, 0.3) is 5.69 Å². The quantitative estimate of drug-likeness (QED) is 0.0554. The maximum absolute atomic E-state index is 10.9. The van der Waals surface area contributed by atoms with Crippen LogP contribution in [0.2, 0.25) is 0 Å². The number of ether oxygens (including phenoxy) is 3. The van der Waals surface area contributed by atoms with E-state index in [2.05, 4.69) is 46.3 Å². The molecular formula is C35H38N4O5. The first-order valence-corrected chi connectivity index (χ1v) is 15.0. The molecule has 9 nitrogen and oxygen atoms in total. The first-order chi connectivity index (χ1) is 21.5. The third-order valence-electron chi connectivity index (χ3n) is 7.36. The van der Waals surface area contributed by atoms with Gasteiger partial charge in [0.05, 0.1) is 42.7 Å². The van der Waals surface area contributed by atoms with Crippen molar-refractivity contribution in [3.63, 3.8) is 0 Å². The van der Waals surface area contributed by atoms with E-state index in [0.29, 0.717) is 18.0 Å². The molecule has 0 saturated carbocycles. The smallest absolute Gasteiger partial charge is 0.269 e. The number of anilines is 3. The van der Waals surface area contributed by atoms with Gasteiger partial charge in [-0.1, -0.05) is 31.5 Å². The normalized spacial score (nSPS) is 13.8. The third-order valence-corrected chi connectivity index (χ3v) is 7.36. The summed E-state index contributed by atoms with van der Waals surface area (Å²) in [6.07, 6.45) is 4.34. The van der Waals surface area contributed by atoms with Crippen LogP contribution in [0.25, 0.3) is 0 Å². The van der Waals surface area contributed by atoms with Crippen LogP contribution in [-0.4, -0.2) is 38.0 Å². The Labute approximate surface area is 258 Å². The molecule has 0 unspecified atom stereocenters. The Bertz CT molecular complexity index is 1490. The Morgan fingerprint density at radius 2 is 1.30 bits per heavy atom. The molecule has 9 heteroatoms. The van der Waals surface area contributed by atoms with Gasteiger partial charge < -0.3 is 19.1 Å². The van der Waals surface area contributed by atoms with E-state index < -0.39 is 4.92 Å². The summed E-state index contributed by atoms with van der Waals surface area (Å²) in [6.45, 7) is 6.12. The standard InChI is InChI=1S/C35H38N4O5/c1-35(26-43-27-35)25-42-23-7-2-3-8-24-44-34-21-19-32(20-22-34)38(30-9-5-4-6-10-30)31-15-11-28(12-16-31)36-37-29-13-17-33(18-14-29)39(40)41/h4-6,9-22H,2-3,7-8,23-27H2,1H3. The van der Waals surface area contributed by atoms with Crippen LogP contribution >= 0.6 is 0 Å². The number of unbranched alkanes of at least 4 members (excludes halogenated alkanes) is 3. The number of rotatable bonds is 16. The van der Waals surface area contributed by atoms with Crippen molar-refractivity contribution in [2.45, 2.75) is 32.6 Å². The molecule has 0 radical (unpaired) electrons. The van der Waals surface area contributed by atoms with Gasteiger partial charge in [-0.2, -0.15) is 10.2 Å². The van der Waals surface area contributed by atoms with E-state index in [1.54, 1.807) is 12.1 Å². The first kappa shape index (κ1) is 30.8. The van der Waals surface area contributed by atoms with Crippen LogP contribution < -0.4 is 9.64 Å². The molecule has 1 aliphatic heterocycles. The fourth-order valence-electron chi connectivity index (χ4n) is 4.84. The van der Waals surface area contributed by atoms with Crippen LogP contribution in [-0.2, 0) is 9.47 Å². The van der Waals surface area contributed by atoms with E-state index >= 15 is 0 Å². The highest BCUT2D eigenvalue weighted by Gasteiger charge is 2.33. The molecule has 5 rings (SSSR count). The summed E-state index contributed by atoms with van der Waals surface area (Å²) in [7, 11) is 0. The van der Waals surface area contributed by atoms with Gasteiger partial charge in [0.1, 0.15) is 5.75 Å². The molecule has 1 saturated heterocycles. The Balaban J connectivity index is 1.13. The number of nitro groups is 1. The van der Waals surface area contributed by atoms with Crippen molar-refractivity contribution >= 4 is 34.1 Å². The molecular weight excluding hydrogens is 556 g/mol. The van der Waals surface area contributed by atoms with E-state index in [1.165, 1.54) is 12.1 Å². The summed E-state index contributed by atoms with van der Waals surface area (Å²) in [5, 5.41) is 19.4. The molecule has 44 heavy (non-hydrogen) atoms. The van der Waals surface area contributed by atoms with E-state index in [4.69, 9.17) is 14.2 Å². The van der Waals surface area contributed by atoms with Gasteiger partial charge >= 0.3 is 0 Å². The van der Waals surface area contributed by atoms with Crippen molar-refractivity contribution in [3.05, 3.63) is 113 Å². The predicted molar refractivity (Wildman–Crippen MR) is 172 cm³/mol.